The Morgan fingerprint density at radius 2 is 2.10 bits per heavy atom. The molecule has 1 unspecified atom stereocenters. The van der Waals surface area contributed by atoms with E-state index < -0.39 is 0 Å². The highest BCUT2D eigenvalue weighted by Crippen LogP contribution is 2.35. The van der Waals surface area contributed by atoms with Crippen molar-refractivity contribution in [1.82, 2.24) is 15.0 Å². The molecule has 0 radical (unpaired) electrons. The molecule has 21 heavy (non-hydrogen) atoms. The van der Waals surface area contributed by atoms with Crippen molar-refractivity contribution in [3.8, 4) is 6.01 Å². The number of hydrogen-bond acceptors (Lipinski definition) is 6. The first kappa shape index (κ1) is 13.6. The third-order valence-corrected chi connectivity index (χ3v) is 3.63. The number of aryl methyl sites for hydroxylation is 1. The monoisotopic (exact) mass is 285 g/mol. The second-order valence-electron chi connectivity index (χ2n) is 5.10. The summed E-state index contributed by atoms with van der Waals surface area (Å²) in [5.74, 6) is 0.726. The minimum atomic E-state index is 0.179. The molecule has 6 nitrogen and oxygen atoms in total. The Kier molecular flexibility index (Phi) is 3.60. The molecular weight excluding hydrogens is 266 g/mol. The minimum absolute atomic E-state index is 0.179. The number of ether oxygens (including phenoxy) is 1. The van der Waals surface area contributed by atoms with Crippen LogP contribution in [0.3, 0.4) is 0 Å². The Hall–Kier alpha value is -2.37. The van der Waals surface area contributed by atoms with Gasteiger partial charge in [-0.2, -0.15) is 15.0 Å². The summed E-state index contributed by atoms with van der Waals surface area (Å²) in [5, 5.41) is 0. The van der Waals surface area contributed by atoms with Crippen molar-refractivity contribution in [2.75, 3.05) is 17.2 Å². The van der Waals surface area contributed by atoms with E-state index in [0.717, 1.165) is 18.5 Å². The molecule has 0 fully saturated rings. The summed E-state index contributed by atoms with van der Waals surface area (Å²) in [7, 11) is 0. The van der Waals surface area contributed by atoms with E-state index in [1.807, 2.05) is 13.0 Å². The second kappa shape index (κ2) is 5.55. The van der Waals surface area contributed by atoms with E-state index in [4.69, 9.17) is 10.5 Å². The van der Waals surface area contributed by atoms with Crippen molar-refractivity contribution in [2.45, 2.75) is 32.7 Å². The number of aromatic nitrogens is 3. The lowest BCUT2D eigenvalue weighted by Crippen LogP contribution is -2.34. The lowest BCUT2D eigenvalue weighted by atomic mass is 9.97. The van der Waals surface area contributed by atoms with Crippen LogP contribution in [0, 0.1) is 0 Å². The number of nitrogens with two attached hydrogens (primary N) is 1. The summed E-state index contributed by atoms with van der Waals surface area (Å²) < 4.78 is 5.37. The Bertz CT molecular complexity index is 646. The molecule has 1 aliphatic heterocycles. The number of hydrogen-bond donors (Lipinski definition) is 1. The minimum Gasteiger partial charge on any atom is -0.464 e. The number of nitrogens with zero attached hydrogens (tertiary/aromatic N) is 4. The first-order valence-electron chi connectivity index (χ1n) is 7.20. The average Bonchev–Trinajstić information content (AvgIpc) is 2.47. The van der Waals surface area contributed by atoms with E-state index in [9.17, 15) is 0 Å². The number of nitrogen functional groups attached to an aromatic ring is 1. The molecule has 0 saturated heterocycles. The summed E-state index contributed by atoms with van der Waals surface area (Å²) in [6.07, 6.45) is 2.11. The fourth-order valence-corrected chi connectivity index (χ4v) is 2.66. The molecule has 2 aromatic rings. The molecule has 1 aliphatic rings. The fraction of sp³-hybridized carbons (Fsp3) is 0.400. The van der Waals surface area contributed by atoms with Gasteiger partial charge in [-0.15, -0.1) is 0 Å². The molecule has 1 atom stereocenters. The maximum Gasteiger partial charge on any atom is 0.323 e. The van der Waals surface area contributed by atoms with Crippen LogP contribution < -0.4 is 15.4 Å². The maximum absolute atomic E-state index is 5.79. The molecule has 6 heteroatoms. The summed E-state index contributed by atoms with van der Waals surface area (Å²) in [5.41, 5.74) is 8.22. The van der Waals surface area contributed by atoms with Crippen molar-refractivity contribution in [3.05, 3.63) is 29.8 Å². The van der Waals surface area contributed by atoms with Gasteiger partial charge in [0.1, 0.15) is 0 Å². The fourth-order valence-electron chi connectivity index (χ4n) is 2.66. The van der Waals surface area contributed by atoms with Gasteiger partial charge < -0.3 is 15.4 Å². The van der Waals surface area contributed by atoms with Gasteiger partial charge in [0.05, 0.1) is 6.61 Å². The zero-order chi connectivity index (χ0) is 14.8. The van der Waals surface area contributed by atoms with Gasteiger partial charge in [-0.1, -0.05) is 18.2 Å². The topological polar surface area (TPSA) is 77.2 Å². The molecule has 1 aromatic carbocycles. The Labute approximate surface area is 124 Å². The summed E-state index contributed by atoms with van der Waals surface area (Å²) >= 11 is 0. The number of fused-ring (bicyclic) bond motifs is 1. The highest BCUT2D eigenvalue weighted by atomic mass is 16.5. The van der Waals surface area contributed by atoms with Crippen LogP contribution in [-0.2, 0) is 6.42 Å². The summed E-state index contributed by atoms with van der Waals surface area (Å²) in [6, 6.07) is 8.89. The van der Waals surface area contributed by atoms with Crippen LogP contribution in [0.4, 0.5) is 17.6 Å². The first-order valence-corrected chi connectivity index (χ1v) is 7.20. The molecule has 0 bridgehead atoms. The van der Waals surface area contributed by atoms with Crippen molar-refractivity contribution in [1.29, 1.82) is 0 Å². The third kappa shape index (κ3) is 2.61. The van der Waals surface area contributed by atoms with Gasteiger partial charge in [0, 0.05) is 11.7 Å². The standard InChI is InChI=1S/C15H19N5O/c1-3-21-15-18-13(16)17-14(19-15)20-10(2)8-9-11-6-4-5-7-12(11)20/h4-7,10H,3,8-9H2,1-2H3,(H2,16,17,18,19). The number of benzene rings is 1. The molecule has 0 saturated carbocycles. The van der Waals surface area contributed by atoms with Crippen LogP contribution in [0.2, 0.25) is 0 Å². The van der Waals surface area contributed by atoms with Crippen molar-refractivity contribution >= 4 is 17.6 Å². The van der Waals surface area contributed by atoms with Crippen LogP contribution in [0.15, 0.2) is 24.3 Å². The third-order valence-electron chi connectivity index (χ3n) is 3.63. The molecule has 0 spiro atoms. The SMILES string of the molecule is CCOc1nc(N)nc(N2c3ccccc3CCC2C)n1. The number of para-hydroxylation sites is 1. The predicted molar refractivity (Wildman–Crippen MR) is 81.8 cm³/mol. The molecule has 0 aliphatic carbocycles. The highest BCUT2D eigenvalue weighted by Gasteiger charge is 2.26. The largest absolute Gasteiger partial charge is 0.464 e. The van der Waals surface area contributed by atoms with E-state index in [2.05, 4.69) is 45.0 Å². The zero-order valence-electron chi connectivity index (χ0n) is 12.3. The smallest absolute Gasteiger partial charge is 0.323 e. The Morgan fingerprint density at radius 1 is 1.29 bits per heavy atom. The number of anilines is 3. The maximum atomic E-state index is 5.79. The zero-order valence-corrected chi connectivity index (χ0v) is 12.3. The van der Waals surface area contributed by atoms with Gasteiger partial charge in [0.15, 0.2) is 0 Å². The Morgan fingerprint density at radius 3 is 2.90 bits per heavy atom. The van der Waals surface area contributed by atoms with Gasteiger partial charge >= 0.3 is 6.01 Å². The molecule has 2 N–H and O–H groups in total. The lowest BCUT2D eigenvalue weighted by Gasteiger charge is -2.35. The van der Waals surface area contributed by atoms with Crippen molar-refractivity contribution in [3.63, 3.8) is 0 Å². The van der Waals surface area contributed by atoms with Crippen LogP contribution in [0.1, 0.15) is 25.8 Å². The molecular formula is C15H19N5O. The molecule has 0 amide bonds. The van der Waals surface area contributed by atoms with E-state index >= 15 is 0 Å². The van der Waals surface area contributed by atoms with Crippen molar-refractivity contribution < 1.29 is 4.74 Å². The second-order valence-corrected chi connectivity index (χ2v) is 5.10. The molecule has 2 heterocycles. The van der Waals surface area contributed by atoms with Crippen LogP contribution in [-0.4, -0.2) is 27.6 Å². The molecule has 3 rings (SSSR count). The van der Waals surface area contributed by atoms with Crippen LogP contribution in [0.25, 0.3) is 0 Å². The van der Waals surface area contributed by atoms with Crippen LogP contribution >= 0.6 is 0 Å². The van der Waals surface area contributed by atoms with E-state index in [0.29, 0.717) is 18.6 Å². The van der Waals surface area contributed by atoms with Gasteiger partial charge in [0.25, 0.3) is 0 Å². The van der Waals surface area contributed by atoms with Crippen molar-refractivity contribution in [2.24, 2.45) is 0 Å². The predicted octanol–water partition coefficient (Wildman–Crippen LogP) is 2.33. The van der Waals surface area contributed by atoms with E-state index in [-0.39, 0.29) is 12.0 Å². The summed E-state index contributed by atoms with van der Waals surface area (Å²) in [4.78, 5) is 14.8. The van der Waals surface area contributed by atoms with Gasteiger partial charge in [0.2, 0.25) is 11.9 Å². The molecule has 1 aromatic heterocycles. The number of rotatable bonds is 3. The lowest BCUT2D eigenvalue weighted by molar-refractivity contribution is 0.312. The average molecular weight is 285 g/mol. The van der Waals surface area contributed by atoms with E-state index in [1.54, 1.807) is 0 Å². The highest BCUT2D eigenvalue weighted by molar-refractivity contribution is 5.64. The normalized spacial score (nSPS) is 17.4. The van der Waals surface area contributed by atoms with E-state index in [1.165, 1.54) is 5.56 Å². The quantitative estimate of drug-likeness (QED) is 0.932. The van der Waals surface area contributed by atoms with Gasteiger partial charge in [-0.25, -0.2) is 0 Å². The Balaban J connectivity index is 2.07. The van der Waals surface area contributed by atoms with Gasteiger partial charge in [-0.3, -0.25) is 0 Å². The van der Waals surface area contributed by atoms with Gasteiger partial charge in [-0.05, 0) is 38.3 Å². The first-order chi connectivity index (χ1) is 10.2. The molecule has 110 valence electrons. The summed E-state index contributed by atoms with van der Waals surface area (Å²) in [6.45, 7) is 4.55. The van der Waals surface area contributed by atoms with Crippen LogP contribution in [0.5, 0.6) is 6.01 Å².